The summed E-state index contributed by atoms with van der Waals surface area (Å²) in [4.78, 5) is 7.01. The summed E-state index contributed by atoms with van der Waals surface area (Å²) in [7, 11) is 3.31. The van der Waals surface area contributed by atoms with E-state index in [1.54, 1.807) is 26.4 Å². The molecule has 0 radical (unpaired) electrons. The third kappa shape index (κ3) is 6.48. The Labute approximate surface area is 208 Å². The van der Waals surface area contributed by atoms with E-state index < -0.39 is 0 Å². The first kappa shape index (κ1) is 24.6. The number of thioether (sulfide) groups is 1. The zero-order valence-corrected chi connectivity index (χ0v) is 21.0. The largest absolute Gasteiger partial charge is 0.497 e. The molecule has 0 aliphatic carbocycles. The maximum Gasteiger partial charge on any atom is 0.164 e. The first-order chi connectivity index (χ1) is 15.4. The van der Waals surface area contributed by atoms with Crippen molar-refractivity contribution in [3.05, 3.63) is 86.9 Å². The molecule has 0 saturated heterocycles. The molecule has 0 N–H and O–H groups in total. The monoisotopic (exact) mass is 508 g/mol. The highest BCUT2D eigenvalue weighted by Crippen LogP contribution is 2.35. The third-order valence-corrected chi connectivity index (χ3v) is 6.46. The molecule has 0 aliphatic rings. The average molecular weight is 510 g/mol. The van der Waals surface area contributed by atoms with Gasteiger partial charge in [-0.3, -0.25) is 0 Å². The maximum absolute atomic E-state index is 6.39. The lowest BCUT2D eigenvalue weighted by Crippen LogP contribution is -2.27. The number of benzene rings is 3. The predicted octanol–water partition coefficient (Wildman–Crippen LogP) is 7.72. The van der Waals surface area contributed by atoms with Crippen LogP contribution in [0.4, 0.5) is 5.69 Å². The molecule has 32 heavy (non-hydrogen) atoms. The number of hydrogen-bond acceptors (Lipinski definition) is 4. The van der Waals surface area contributed by atoms with Gasteiger partial charge >= 0.3 is 0 Å². The first-order valence-electron chi connectivity index (χ1n) is 9.71. The van der Waals surface area contributed by atoms with Crippen LogP contribution in [0, 0.1) is 0 Å². The molecule has 0 amide bonds. The van der Waals surface area contributed by atoms with Crippen molar-refractivity contribution in [2.24, 2.45) is 4.99 Å². The minimum Gasteiger partial charge on any atom is -0.497 e. The van der Waals surface area contributed by atoms with Gasteiger partial charge in [0.2, 0.25) is 0 Å². The summed E-state index contributed by atoms with van der Waals surface area (Å²) >= 11 is 20.2. The van der Waals surface area contributed by atoms with Crippen molar-refractivity contribution >= 4 is 57.4 Å². The molecule has 8 heteroatoms. The Balaban J connectivity index is 1.96. The maximum atomic E-state index is 6.39. The summed E-state index contributed by atoms with van der Waals surface area (Å²) in [6.45, 7) is 1.29. The van der Waals surface area contributed by atoms with E-state index in [9.17, 15) is 0 Å². The fourth-order valence-corrected chi connectivity index (χ4v) is 4.20. The highest BCUT2D eigenvalue weighted by Gasteiger charge is 2.15. The molecule has 168 valence electrons. The van der Waals surface area contributed by atoms with Crippen LogP contribution in [0.25, 0.3) is 0 Å². The van der Waals surface area contributed by atoms with Crippen molar-refractivity contribution in [1.29, 1.82) is 0 Å². The molecule has 0 atom stereocenters. The van der Waals surface area contributed by atoms with Crippen LogP contribution in [0.2, 0.25) is 15.1 Å². The minimum atomic E-state index is 0.398. The van der Waals surface area contributed by atoms with Gasteiger partial charge < -0.3 is 14.4 Å². The Bertz CT molecular complexity index is 1020. The predicted molar refractivity (Wildman–Crippen MR) is 137 cm³/mol. The summed E-state index contributed by atoms with van der Waals surface area (Å²) in [6.07, 6.45) is 1.99. The molecule has 0 bridgehead atoms. The number of aliphatic imine (C=N–C) groups is 1. The van der Waals surface area contributed by atoms with Gasteiger partial charge in [0.05, 0.1) is 35.0 Å². The van der Waals surface area contributed by atoms with E-state index in [1.165, 1.54) is 11.8 Å². The minimum absolute atomic E-state index is 0.398. The van der Waals surface area contributed by atoms with Crippen LogP contribution in [-0.2, 0) is 13.1 Å². The van der Waals surface area contributed by atoms with E-state index in [-0.39, 0.29) is 0 Å². The highest BCUT2D eigenvalue weighted by atomic mass is 35.5. The van der Waals surface area contributed by atoms with Crippen LogP contribution in [0.5, 0.6) is 11.5 Å². The fourth-order valence-electron chi connectivity index (χ4n) is 3.04. The second-order valence-corrected chi connectivity index (χ2v) is 8.86. The van der Waals surface area contributed by atoms with E-state index in [0.717, 1.165) is 27.8 Å². The van der Waals surface area contributed by atoms with E-state index in [2.05, 4.69) is 4.90 Å². The molecular weight excluding hydrogens is 487 g/mol. The molecule has 3 aromatic carbocycles. The molecule has 0 heterocycles. The quantitative estimate of drug-likeness (QED) is 0.185. The van der Waals surface area contributed by atoms with Gasteiger partial charge in [0.1, 0.15) is 11.5 Å². The number of ether oxygens (including phenoxy) is 2. The molecule has 0 spiro atoms. The van der Waals surface area contributed by atoms with Crippen molar-refractivity contribution in [2.45, 2.75) is 13.1 Å². The number of nitrogens with zero attached hydrogens (tertiary/aromatic N) is 2. The van der Waals surface area contributed by atoms with Gasteiger partial charge in [-0.15, -0.1) is 0 Å². The van der Waals surface area contributed by atoms with Crippen molar-refractivity contribution < 1.29 is 9.47 Å². The Kier molecular flexibility index (Phi) is 9.00. The zero-order valence-electron chi connectivity index (χ0n) is 17.9. The number of rotatable bonds is 7. The fraction of sp³-hybridized carbons (Fsp3) is 0.208. The van der Waals surface area contributed by atoms with Crippen molar-refractivity contribution in [3.8, 4) is 11.5 Å². The van der Waals surface area contributed by atoms with E-state index >= 15 is 0 Å². The molecule has 3 rings (SSSR count). The van der Waals surface area contributed by atoms with Gasteiger partial charge in [-0.2, -0.15) is 0 Å². The Morgan fingerprint density at radius 2 is 1.25 bits per heavy atom. The van der Waals surface area contributed by atoms with Gasteiger partial charge in [-0.25, -0.2) is 4.99 Å². The molecule has 0 fully saturated rings. The number of hydrogen-bond donors (Lipinski definition) is 0. The number of amidine groups is 1. The van der Waals surface area contributed by atoms with Crippen molar-refractivity contribution in [2.75, 3.05) is 20.5 Å². The third-order valence-electron chi connectivity index (χ3n) is 4.72. The average Bonchev–Trinajstić information content (AvgIpc) is 2.81. The molecule has 4 nitrogen and oxygen atoms in total. The number of halogens is 3. The summed E-state index contributed by atoms with van der Waals surface area (Å²) in [5, 5.41) is 2.05. The number of methoxy groups -OCH3 is 2. The standard InChI is InChI=1S/C24H23Cl3N2O2S/c1-30-18-8-4-16(5-9-18)14-29(15-17-6-10-19(31-2)11-7-17)24(32-3)28-23-13-21(26)20(25)12-22(23)27/h4-13H,14-15H2,1-3H3. The van der Waals surface area contributed by atoms with Crippen LogP contribution in [0.3, 0.4) is 0 Å². The van der Waals surface area contributed by atoms with Gasteiger partial charge in [0.15, 0.2) is 5.17 Å². The highest BCUT2D eigenvalue weighted by molar-refractivity contribution is 8.13. The summed E-state index contributed by atoms with van der Waals surface area (Å²) in [5.74, 6) is 1.63. The van der Waals surface area contributed by atoms with Crippen molar-refractivity contribution in [1.82, 2.24) is 4.90 Å². The van der Waals surface area contributed by atoms with Crippen LogP contribution in [0.1, 0.15) is 11.1 Å². The normalized spacial score (nSPS) is 11.4. The Morgan fingerprint density at radius 3 is 1.69 bits per heavy atom. The van der Waals surface area contributed by atoms with E-state index in [1.807, 2.05) is 54.8 Å². The molecule has 0 aromatic heterocycles. The molecule has 3 aromatic rings. The zero-order chi connectivity index (χ0) is 23.1. The van der Waals surface area contributed by atoms with Gasteiger partial charge in [-0.05, 0) is 53.8 Å². The second-order valence-electron chi connectivity index (χ2n) is 6.87. The van der Waals surface area contributed by atoms with Gasteiger partial charge in [0.25, 0.3) is 0 Å². The molecule has 0 unspecified atom stereocenters. The Hall–Kier alpha value is -2.05. The van der Waals surface area contributed by atoms with E-state index in [4.69, 9.17) is 49.3 Å². The van der Waals surface area contributed by atoms with Crippen molar-refractivity contribution in [3.63, 3.8) is 0 Å². The van der Waals surface area contributed by atoms with Crippen LogP contribution in [0.15, 0.2) is 65.7 Å². The van der Waals surface area contributed by atoms with Gasteiger partial charge in [0, 0.05) is 13.1 Å². The second kappa shape index (κ2) is 11.7. The smallest absolute Gasteiger partial charge is 0.164 e. The van der Waals surface area contributed by atoms with Crippen LogP contribution >= 0.6 is 46.6 Å². The lowest BCUT2D eigenvalue weighted by molar-refractivity contribution is 0.405. The Morgan fingerprint density at radius 1 is 0.781 bits per heavy atom. The topological polar surface area (TPSA) is 34.1 Å². The lowest BCUT2D eigenvalue weighted by atomic mass is 10.1. The van der Waals surface area contributed by atoms with Crippen LogP contribution < -0.4 is 9.47 Å². The van der Waals surface area contributed by atoms with Gasteiger partial charge in [-0.1, -0.05) is 70.8 Å². The SMILES string of the molecule is COc1ccc(CN(Cc2ccc(OC)cc2)C(=Nc2cc(Cl)c(Cl)cc2Cl)SC)cc1. The molecular formula is C24H23Cl3N2O2S. The molecule has 0 aliphatic heterocycles. The molecule has 0 saturated carbocycles. The summed E-state index contributed by atoms with van der Waals surface area (Å²) in [5.41, 5.74) is 2.82. The first-order valence-corrected chi connectivity index (χ1v) is 12.1. The summed E-state index contributed by atoms with van der Waals surface area (Å²) < 4.78 is 10.6. The lowest BCUT2D eigenvalue weighted by Gasteiger charge is -2.26. The van der Waals surface area contributed by atoms with Crippen LogP contribution in [-0.4, -0.2) is 30.5 Å². The summed E-state index contributed by atoms with van der Waals surface area (Å²) in [6, 6.07) is 19.3. The van der Waals surface area contributed by atoms with E-state index in [0.29, 0.717) is 33.8 Å².